The summed E-state index contributed by atoms with van der Waals surface area (Å²) in [6.45, 7) is 6.94. The molecule has 1 aromatic carbocycles. The minimum atomic E-state index is 0.191. The van der Waals surface area contributed by atoms with Crippen LogP contribution in [0.4, 0.5) is 0 Å². The van der Waals surface area contributed by atoms with Gasteiger partial charge in [0.05, 0.1) is 18.9 Å². The Balaban J connectivity index is 1.97. The van der Waals surface area contributed by atoms with Crippen LogP contribution in [0.2, 0.25) is 0 Å². The van der Waals surface area contributed by atoms with E-state index in [-0.39, 0.29) is 12.1 Å². The third kappa shape index (κ3) is 3.61. The maximum Gasteiger partial charge on any atom is 0.120 e. The van der Waals surface area contributed by atoms with Gasteiger partial charge in [-0.25, -0.2) is 0 Å². The van der Waals surface area contributed by atoms with Crippen LogP contribution in [0.15, 0.2) is 47.1 Å². The third-order valence-electron chi connectivity index (χ3n) is 3.16. The van der Waals surface area contributed by atoms with Crippen LogP contribution in [0.5, 0.6) is 5.75 Å². The molecule has 3 heteroatoms. The van der Waals surface area contributed by atoms with Crippen molar-refractivity contribution in [3.05, 3.63) is 54.0 Å². The Labute approximate surface area is 114 Å². The molecule has 1 heterocycles. The summed E-state index contributed by atoms with van der Waals surface area (Å²) in [6.07, 6.45) is 1.70. The lowest BCUT2D eigenvalue weighted by Gasteiger charge is -2.19. The van der Waals surface area contributed by atoms with E-state index >= 15 is 0 Å². The minimum absolute atomic E-state index is 0.191. The van der Waals surface area contributed by atoms with Crippen molar-refractivity contribution in [1.82, 2.24) is 5.32 Å². The van der Waals surface area contributed by atoms with Gasteiger partial charge in [-0.15, -0.1) is 0 Å². The van der Waals surface area contributed by atoms with Gasteiger partial charge in [0.2, 0.25) is 0 Å². The van der Waals surface area contributed by atoms with E-state index in [4.69, 9.17) is 9.15 Å². The number of hydrogen-bond donors (Lipinski definition) is 1. The number of hydrogen-bond acceptors (Lipinski definition) is 3. The average Bonchev–Trinajstić information content (AvgIpc) is 2.94. The van der Waals surface area contributed by atoms with Gasteiger partial charge < -0.3 is 14.5 Å². The first-order chi connectivity index (χ1) is 9.20. The van der Waals surface area contributed by atoms with E-state index < -0.39 is 0 Å². The van der Waals surface area contributed by atoms with Gasteiger partial charge in [-0.1, -0.05) is 12.1 Å². The molecule has 2 rings (SSSR count). The fraction of sp³-hybridized carbons (Fsp3) is 0.375. The van der Waals surface area contributed by atoms with Crippen LogP contribution in [0.3, 0.4) is 0 Å². The zero-order valence-corrected chi connectivity index (χ0v) is 11.7. The first kappa shape index (κ1) is 13.7. The second kappa shape index (κ2) is 6.43. The Hall–Kier alpha value is -1.74. The summed E-state index contributed by atoms with van der Waals surface area (Å²) >= 11 is 0. The van der Waals surface area contributed by atoms with E-state index in [1.54, 1.807) is 6.26 Å². The lowest BCUT2D eigenvalue weighted by molar-refractivity contribution is 0.340. The predicted molar refractivity (Wildman–Crippen MR) is 76.3 cm³/mol. The molecule has 2 atom stereocenters. The van der Waals surface area contributed by atoms with Crippen molar-refractivity contribution in [2.75, 3.05) is 6.61 Å². The van der Waals surface area contributed by atoms with Gasteiger partial charge in [-0.2, -0.15) is 0 Å². The molecule has 0 aliphatic carbocycles. The van der Waals surface area contributed by atoms with Crippen LogP contribution in [0.25, 0.3) is 0 Å². The lowest BCUT2D eigenvalue weighted by atomic mass is 10.1. The van der Waals surface area contributed by atoms with E-state index in [0.29, 0.717) is 6.61 Å². The van der Waals surface area contributed by atoms with Crippen molar-refractivity contribution < 1.29 is 9.15 Å². The third-order valence-corrected chi connectivity index (χ3v) is 3.16. The van der Waals surface area contributed by atoms with Gasteiger partial charge in [0, 0.05) is 6.04 Å². The van der Waals surface area contributed by atoms with Gasteiger partial charge in [-0.05, 0) is 50.6 Å². The standard InChI is InChI=1S/C16H21NO2/c1-4-18-15-9-7-14(8-10-15)12(2)17-13(3)16-6-5-11-19-16/h5-13,17H,4H2,1-3H3. The van der Waals surface area contributed by atoms with Crippen molar-refractivity contribution in [3.63, 3.8) is 0 Å². The van der Waals surface area contributed by atoms with Crippen molar-refractivity contribution >= 4 is 0 Å². The normalized spacial score (nSPS) is 14.1. The Bertz CT molecular complexity index is 476. The van der Waals surface area contributed by atoms with Crippen LogP contribution in [0.1, 0.15) is 44.2 Å². The van der Waals surface area contributed by atoms with Crippen molar-refractivity contribution in [1.29, 1.82) is 0 Å². The van der Waals surface area contributed by atoms with Gasteiger partial charge >= 0.3 is 0 Å². The molecule has 102 valence electrons. The first-order valence-electron chi connectivity index (χ1n) is 6.73. The minimum Gasteiger partial charge on any atom is -0.494 e. The Morgan fingerprint density at radius 3 is 2.42 bits per heavy atom. The summed E-state index contributed by atoms with van der Waals surface area (Å²) < 4.78 is 10.8. The quantitative estimate of drug-likeness (QED) is 0.848. The molecule has 0 aliphatic heterocycles. The van der Waals surface area contributed by atoms with Crippen molar-refractivity contribution in [2.24, 2.45) is 0 Å². The van der Waals surface area contributed by atoms with E-state index in [9.17, 15) is 0 Å². The lowest BCUT2D eigenvalue weighted by Crippen LogP contribution is -2.22. The van der Waals surface area contributed by atoms with Crippen LogP contribution in [-0.4, -0.2) is 6.61 Å². The average molecular weight is 259 g/mol. The van der Waals surface area contributed by atoms with Crippen molar-refractivity contribution in [2.45, 2.75) is 32.9 Å². The van der Waals surface area contributed by atoms with Crippen LogP contribution in [-0.2, 0) is 0 Å². The van der Waals surface area contributed by atoms with E-state index in [1.807, 2.05) is 31.2 Å². The van der Waals surface area contributed by atoms with Gasteiger partial charge in [0.1, 0.15) is 11.5 Å². The molecular formula is C16H21NO2. The number of benzene rings is 1. The highest BCUT2D eigenvalue weighted by molar-refractivity contribution is 5.29. The van der Waals surface area contributed by atoms with Gasteiger partial charge in [-0.3, -0.25) is 0 Å². The molecular weight excluding hydrogens is 238 g/mol. The molecule has 1 N–H and O–H groups in total. The summed E-state index contributed by atoms with van der Waals surface area (Å²) in [7, 11) is 0. The van der Waals surface area contributed by atoms with Gasteiger partial charge in [0.15, 0.2) is 0 Å². The van der Waals surface area contributed by atoms with Gasteiger partial charge in [0.25, 0.3) is 0 Å². The second-order valence-corrected chi connectivity index (χ2v) is 4.63. The molecule has 0 saturated carbocycles. The first-order valence-corrected chi connectivity index (χ1v) is 6.73. The van der Waals surface area contributed by atoms with Crippen LogP contribution >= 0.6 is 0 Å². The molecule has 19 heavy (non-hydrogen) atoms. The Morgan fingerprint density at radius 2 is 1.84 bits per heavy atom. The zero-order chi connectivity index (χ0) is 13.7. The molecule has 0 radical (unpaired) electrons. The molecule has 3 nitrogen and oxygen atoms in total. The predicted octanol–water partition coefficient (Wildman–Crippen LogP) is 4.09. The zero-order valence-electron chi connectivity index (χ0n) is 11.7. The monoisotopic (exact) mass is 259 g/mol. The maximum atomic E-state index is 5.45. The molecule has 0 saturated heterocycles. The van der Waals surface area contributed by atoms with Crippen LogP contribution in [0, 0.1) is 0 Å². The Kier molecular flexibility index (Phi) is 4.63. The SMILES string of the molecule is CCOc1ccc(C(C)NC(C)c2ccco2)cc1. The molecule has 0 bridgehead atoms. The molecule has 0 fully saturated rings. The number of furan rings is 1. The van der Waals surface area contributed by atoms with E-state index in [1.165, 1.54) is 5.56 Å². The number of nitrogens with one attached hydrogen (secondary N) is 1. The number of rotatable bonds is 6. The largest absolute Gasteiger partial charge is 0.494 e. The topological polar surface area (TPSA) is 34.4 Å². The number of ether oxygens (including phenoxy) is 1. The molecule has 0 aliphatic rings. The van der Waals surface area contributed by atoms with E-state index in [0.717, 1.165) is 11.5 Å². The molecule has 2 aromatic rings. The highest BCUT2D eigenvalue weighted by atomic mass is 16.5. The molecule has 0 amide bonds. The second-order valence-electron chi connectivity index (χ2n) is 4.63. The summed E-state index contributed by atoms with van der Waals surface area (Å²) in [5.41, 5.74) is 1.24. The van der Waals surface area contributed by atoms with E-state index in [2.05, 4.69) is 31.3 Å². The summed E-state index contributed by atoms with van der Waals surface area (Å²) in [5.74, 6) is 1.87. The van der Waals surface area contributed by atoms with Crippen LogP contribution < -0.4 is 10.1 Å². The Morgan fingerprint density at radius 1 is 1.11 bits per heavy atom. The fourth-order valence-electron chi connectivity index (χ4n) is 2.11. The van der Waals surface area contributed by atoms with Crippen molar-refractivity contribution in [3.8, 4) is 5.75 Å². The summed E-state index contributed by atoms with van der Waals surface area (Å²) in [4.78, 5) is 0. The fourth-order valence-corrected chi connectivity index (χ4v) is 2.11. The molecule has 0 spiro atoms. The maximum absolute atomic E-state index is 5.45. The summed E-state index contributed by atoms with van der Waals surface area (Å²) in [5, 5.41) is 3.52. The molecule has 2 unspecified atom stereocenters. The smallest absolute Gasteiger partial charge is 0.120 e. The highest BCUT2D eigenvalue weighted by Gasteiger charge is 2.12. The highest BCUT2D eigenvalue weighted by Crippen LogP contribution is 2.21. The molecule has 1 aromatic heterocycles. The summed E-state index contributed by atoms with van der Waals surface area (Å²) in [6, 6.07) is 12.6.